The van der Waals surface area contributed by atoms with E-state index in [0.717, 1.165) is 29.7 Å². The van der Waals surface area contributed by atoms with Crippen LogP contribution in [0.4, 0.5) is 11.8 Å². The molecule has 2 aromatic rings. The summed E-state index contributed by atoms with van der Waals surface area (Å²) in [6.45, 7) is 6.19. The highest BCUT2D eigenvalue weighted by atomic mass is 32.1. The number of hydrogen-bond acceptors (Lipinski definition) is 5. The molecule has 1 aliphatic carbocycles. The maximum Gasteiger partial charge on any atom is 0.226 e. The summed E-state index contributed by atoms with van der Waals surface area (Å²) in [6, 6.07) is 2.80. The first kappa shape index (κ1) is 14.6. The summed E-state index contributed by atoms with van der Waals surface area (Å²) in [6.07, 6.45) is 6.66. The molecule has 0 bridgehead atoms. The molecule has 0 spiro atoms. The van der Waals surface area contributed by atoms with Gasteiger partial charge >= 0.3 is 0 Å². The molecule has 0 aromatic carbocycles. The van der Waals surface area contributed by atoms with Crippen molar-refractivity contribution in [1.82, 2.24) is 9.97 Å². The maximum atomic E-state index is 4.82. The van der Waals surface area contributed by atoms with E-state index < -0.39 is 0 Å². The first-order valence-electron chi connectivity index (χ1n) is 8.09. The highest BCUT2D eigenvalue weighted by Gasteiger charge is 2.23. The molecule has 2 heterocycles. The predicted octanol–water partition coefficient (Wildman–Crippen LogP) is 4.28. The largest absolute Gasteiger partial charge is 0.354 e. The molecular formula is C16H24N4S. The van der Waals surface area contributed by atoms with E-state index in [-0.39, 0.29) is 0 Å². The van der Waals surface area contributed by atoms with Gasteiger partial charge in [-0.1, -0.05) is 19.3 Å². The van der Waals surface area contributed by atoms with E-state index in [9.17, 15) is 0 Å². The van der Waals surface area contributed by atoms with Crippen LogP contribution in [0.2, 0.25) is 0 Å². The van der Waals surface area contributed by atoms with Crippen LogP contribution in [0, 0.1) is 0 Å². The van der Waals surface area contributed by atoms with Gasteiger partial charge in [-0.15, -0.1) is 11.3 Å². The van der Waals surface area contributed by atoms with E-state index in [1.807, 2.05) is 0 Å². The second-order valence-corrected chi connectivity index (χ2v) is 6.51. The van der Waals surface area contributed by atoms with Crippen molar-refractivity contribution in [3.63, 3.8) is 0 Å². The molecule has 3 rings (SSSR count). The number of thiophene rings is 1. The van der Waals surface area contributed by atoms with Crippen molar-refractivity contribution < 1.29 is 0 Å². The lowest BCUT2D eigenvalue weighted by Gasteiger charge is -2.35. The quantitative estimate of drug-likeness (QED) is 0.895. The predicted molar refractivity (Wildman–Crippen MR) is 91.5 cm³/mol. The second kappa shape index (κ2) is 6.60. The highest BCUT2D eigenvalue weighted by molar-refractivity contribution is 7.16. The Morgan fingerprint density at radius 3 is 2.76 bits per heavy atom. The Bertz CT molecular complexity index is 589. The van der Waals surface area contributed by atoms with Crippen molar-refractivity contribution in [3.8, 4) is 0 Å². The maximum absolute atomic E-state index is 4.82. The Morgan fingerprint density at radius 2 is 2.05 bits per heavy atom. The number of fused-ring (bicyclic) bond motifs is 1. The van der Waals surface area contributed by atoms with Gasteiger partial charge in [0.15, 0.2) is 0 Å². The molecule has 0 radical (unpaired) electrons. The minimum absolute atomic E-state index is 0.635. The average molecular weight is 304 g/mol. The Kier molecular flexibility index (Phi) is 4.58. The fourth-order valence-electron chi connectivity index (χ4n) is 3.27. The highest BCUT2D eigenvalue weighted by Crippen LogP contribution is 2.33. The molecule has 21 heavy (non-hydrogen) atoms. The van der Waals surface area contributed by atoms with Crippen molar-refractivity contribution in [1.29, 1.82) is 0 Å². The van der Waals surface area contributed by atoms with Gasteiger partial charge < -0.3 is 10.2 Å². The summed E-state index contributed by atoms with van der Waals surface area (Å²) in [5.41, 5.74) is 0. The number of aromatic nitrogens is 2. The normalized spacial score (nSPS) is 16.3. The molecule has 1 N–H and O–H groups in total. The topological polar surface area (TPSA) is 41.1 Å². The van der Waals surface area contributed by atoms with Gasteiger partial charge in [0.05, 0.1) is 5.39 Å². The Hall–Kier alpha value is -1.36. The summed E-state index contributed by atoms with van der Waals surface area (Å²) in [7, 11) is 0. The average Bonchev–Trinajstić information content (AvgIpc) is 2.98. The van der Waals surface area contributed by atoms with Crippen LogP contribution in [0.15, 0.2) is 11.4 Å². The van der Waals surface area contributed by atoms with Crippen molar-refractivity contribution in [2.24, 2.45) is 0 Å². The number of anilines is 2. The summed E-state index contributed by atoms with van der Waals surface area (Å²) in [4.78, 5) is 13.0. The molecule has 0 saturated heterocycles. The van der Waals surface area contributed by atoms with E-state index in [1.54, 1.807) is 11.3 Å². The number of hydrogen-bond donors (Lipinski definition) is 1. The molecule has 4 nitrogen and oxygen atoms in total. The first-order chi connectivity index (χ1) is 10.3. The fourth-order valence-corrected chi connectivity index (χ4v) is 4.03. The van der Waals surface area contributed by atoms with Crippen LogP contribution < -0.4 is 10.2 Å². The van der Waals surface area contributed by atoms with Crippen LogP contribution in [0.1, 0.15) is 46.0 Å². The lowest BCUT2D eigenvalue weighted by molar-refractivity contribution is 0.417. The summed E-state index contributed by atoms with van der Waals surface area (Å²) in [5.74, 6) is 1.88. The van der Waals surface area contributed by atoms with Crippen molar-refractivity contribution >= 4 is 33.3 Å². The lowest BCUT2D eigenvalue weighted by Crippen LogP contribution is -2.37. The number of nitrogens with one attached hydrogen (secondary N) is 1. The van der Waals surface area contributed by atoms with Gasteiger partial charge in [0.25, 0.3) is 0 Å². The molecular weight excluding hydrogens is 280 g/mol. The zero-order valence-corrected chi connectivity index (χ0v) is 13.7. The first-order valence-corrected chi connectivity index (χ1v) is 8.97. The van der Waals surface area contributed by atoms with Crippen LogP contribution in [-0.4, -0.2) is 29.1 Å². The molecule has 1 saturated carbocycles. The number of rotatable bonds is 5. The van der Waals surface area contributed by atoms with Gasteiger partial charge in [-0.3, -0.25) is 0 Å². The third-order valence-electron chi connectivity index (χ3n) is 4.27. The van der Waals surface area contributed by atoms with Crippen LogP contribution >= 0.6 is 11.3 Å². The van der Waals surface area contributed by atoms with E-state index in [2.05, 4.69) is 40.5 Å². The molecule has 0 unspecified atom stereocenters. The van der Waals surface area contributed by atoms with Gasteiger partial charge in [0.2, 0.25) is 5.95 Å². The molecule has 1 aliphatic rings. The third kappa shape index (κ3) is 2.98. The van der Waals surface area contributed by atoms with Crippen molar-refractivity contribution in [2.45, 2.75) is 52.0 Å². The van der Waals surface area contributed by atoms with Gasteiger partial charge in [-0.25, -0.2) is 4.98 Å². The molecule has 0 aliphatic heterocycles. The molecule has 0 amide bonds. The third-order valence-corrected chi connectivity index (χ3v) is 5.07. The lowest BCUT2D eigenvalue weighted by atomic mass is 9.94. The molecule has 1 fully saturated rings. The molecule has 2 aromatic heterocycles. The van der Waals surface area contributed by atoms with E-state index in [4.69, 9.17) is 4.98 Å². The van der Waals surface area contributed by atoms with Gasteiger partial charge in [0.1, 0.15) is 10.6 Å². The van der Waals surface area contributed by atoms with Crippen molar-refractivity contribution in [3.05, 3.63) is 11.4 Å². The van der Waals surface area contributed by atoms with Crippen LogP contribution in [0.25, 0.3) is 10.2 Å². The monoisotopic (exact) mass is 304 g/mol. The standard InChI is InChI=1S/C16H24N4S/c1-3-17-16-18-14(13-10-11-21-15(13)19-16)20(4-2)12-8-6-5-7-9-12/h10-12H,3-9H2,1-2H3,(H,17,18,19). The zero-order valence-electron chi connectivity index (χ0n) is 12.9. The van der Waals surface area contributed by atoms with Crippen molar-refractivity contribution in [2.75, 3.05) is 23.3 Å². The zero-order chi connectivity index (χ0) is 14.7. The fraction of sp³-hybridized carbons (Fsp3) is 0.625. The Labute approximate surface area is 130 Å². The number of nitrogens with zero attached hydrogens (tertiary/aromatic N) is 3. The Balaban J connectivity index is 2.00. The molecule has 114 valence electrons. The van der Waals surface area contributed by atoms with E-state index in [1.165, 1.54) is 37.5 Å². The summed E-state index contributed by atoms with van der Waals surface area (Å²) >= 11 is 1.70. The summed E-state index contributed by atoms with van der Waals surface area (Å²) in [5, 5.41) is 6.59. The second-order valence-electron chi connectivity index (χ2n) is 5.62. The molecule has 5 heteroatoms. The van der Waals surface area contributed by atoms with Gasteiger partial charge in [0, 0.05) is 19.1 Å². The molecule has 0 atom stereocenters. The van der Waals surface area contributed by atoms with Crippen LogP contribution in [-0.2, 0) is 0 Å². The minimum atomic E-state index is 0.635. The minimum Gasteiger partial charge on any atom is -0.354 e. The smallest absolute Gasteiger partial charge is 0.226 e. The SMILES string of the molecule is CCNc1nc(N(CC)C2CCCCC2)c2ccsc2n1. The Morgan fingerprint density at radius 1 is 1.24 bits per heavy atom. The van der Waals surface area contributed by atoms with E-state index in [0.29, 0.717) is 6.04 Å². The van der Waals surface area contributed by atoms with Gasteiger partial charge in [-0.05, 0) is 38.1 Å². The van der Waals surface area contributed by atoms with Gasteiger partial charge in [-0.2, -0.15) is 4.98 Å². The summed E-state index contributed by atoms with van der Waals surface area (Å²) < 4.78 is 0. The van der Waals surface area contributed by atoms with E-state index >= 15 is 0 Å². The van der Waals surface area contributed by atoms with Crippen LogP contribution in [0.5, 0.6) is 0 Å². The van der Waals surface area contributed by atoms with Crippen LogP contribution in [0.3, 0.4) is 0 Å².